The second-order valence-corrected chi connectivity index (χ2v) is 9.84. The molecule has 0 heterocycles. The molecule has 0 aliphatic rings. The highest BCUT2D eigenvalue weighted by molar-refractivity contribution is 7.92. The number of hydrogen-bond donors (Lipinski definition) is 2. The zero-order valence-electron chi connectivity index (χ0n) is 19.1. The van der Waals surface area contributed by atoms with Crippen LogP contribution in [-0.2, 0) is 10.0 Å². The van der Waals surface area contributed by atoms with Crippen molar-refractivity contribution in [3.05, 3.63) is 94.8 Å². The van der Waals surface area contributed by atoms with Gasteiger partial charge in [0.25, 0.3) is 15.9 Å². The number of likely N-dealkylation sites (N-methyl/N-ethyl adjacent to an activating group) is 1. The number of aryl methyl sites for hydroxylation is 2. The van der Waals surface area contributed by atoms with Crippen molar-refractivity contribution in [2.45, 2.75) is 24.8 Å². The monoisotopic (exact) mass is 469 g/mol. The highest BCUT2D eigenvalue weighted by Gasteiger charge is 2.21. The lowest BCUT2D eigenvalue weighted by molar-refractivity contribution is 0.0941. The van der Waals surface area contributed by atoms with Gasteiger partial charge in [0.2, 0.25) is 0 Å². The number of nitrogens with one attached hydrogen (secondary N) is 2. The minimum absolute atomic E-state index is 0.0514. The molecular weight excluding hydrogens is 441 g/mol. The molecule has 0 bridgehead atoms. The molecule has 0 saturated heterocycles. The van der Waals surface area contributed by atoms with Crippen LogP contribution < -0.4 is 10.0 Å². The van der Waals surface area contributed by atoms with Crippen molar-refractivity contribution in [3.63, 3.8) is 0 Å². The molecule has 3 aromatic carbocycles. The number of para-hydroxylation sites is 1. The quantitative estimate of drug-likeness (QED) is 0.516. The zero-order chi connectivity index (χ0) is 24.2. The van der Waals surface area contributed by atoms with Crippen LogP contribution in [0.25, 0.3) is 0 Å². The Morgan fingerprint density at radius 2 is 1.67 bits per heavy atom. The van der Waals surface area contributed by atoms with Gasteiger partial charge in [-0.3, -0.25) is 9.52 Å². The Hall–Kier alpha value is -3.23. The number of nitrogens with zero attached hydrogens (tertiary/aromatic N) is 1. The molecule has 0 aliphatic carbocycles. The van der Waals surface area contributed by atoms with Gasteiger partial charge in [0, 0.05) is 12.1 Å². The number of benzene rings is 3. The molecule has 3 rings (SSSR count). The van der Waals surface area contributed by atoms with Gasteiger partial charge >= 0.3 is 0 Å². The first-order chi connectivity index (χ1) is 15.6. The summed E-state index contributed by atoms with van der Waals surface area (Å²) in [6.45, 7) is 4.10. The van der Waals surface area contributed by atoms with Crippen molar-refractivity contribution in [2.75, 3.05) is 25.4 Å². The van der Waals surface area contributed by atoms with E-state index >= 15 is 0 Å². The van der Waals surface area contributed by atoms with Gasteiger partial charge in [0.15, 0.2) is 0 Å². The van der Waals surface area contributed by atoms with Crippen molar-refractivity contribution in [3.8, 4) is 0 Å². The van der Waals surface area contributed by atoms with Crippen LogP contribution in [0.3, 0.4) is 0 Å². The average Bonchev–Trinajstić information content (AvgIpc) is 2.76. The molecule has 3 aromatic rings. The fraction of sp³-hybridized carbons (Fsp3) is 0.240. The molecule has 0 spiro atoms. The average molecular weight is 470 g/mol. The van der Waals surface area contributed by atoms with Crippen molar-refractivity contribution in [1.29, 1.82) is 0 Å². The van der Waals surface area contributed by atoms with Crippen LogP contribution in [0.15, 0.2) is 71.6 Å². The highest BCUT2D eigenvalue weighted by Crippen LogP contribution is 2.22. The molecule has 1 amide bonds. The van der Waals surface area contributed by atoms with E-state index < -0.39 is 15.8 Å². The van der Waals surface area contributed by atoms with E-state index in [4.69, 9.17) is 0 Å². The smallest absolute Gasteiger partial charge is 0.262 e. The Kier molecular flexibility index (Phi) is 7.50. The van der Waals surface area contributed by atoms with Crippen LogP contribution in [0.2, 0.25) is 0 Å². The van der Waals surface area contributed by atoms with Gasteiger partial charge in [-0.05, 0) is 63.3 Å². The van der Waals surface area contributed by atoms with Gasteiger partial charge in [-0.1, -0.05) is 48.0 Å². The Labute approximate surface area is 194 Å². The predicted octanol–water partition coefficient (Wildman–Crippen LogP) is 4.28. The first-order valence-electron chi connectivity index (χ1n) is 10.5. The summed E-state index contributed by atoms with van der Waals surface area (Å²) in [7, 11) is -0.211. The van der Waals surface area contributed by atoms with Gasteiger partial charge in [-0.15, -0.1) is 0 Å². The lowest BCUT2D eigenvalue weighted by Crippen LogP contribution is -2.35. The summed E-state index contributed by atoms with van der Waals surface area (Å²) in [5, 5.41) is 2.92. The first-order valence-corrected chi connectivity index (χ1v) is 12.0. The van der Waals surface area contributed by atoms with Crippen molar-refractivity contribution < 1.29 is 17.6 Å². The van der Waals surface area contributed by atoms with Crippen LogP contribution in [0.1, 0.15) is 33.1 Å². The van der Waals surface area contributed by atoms with E-state index in [9.17, 15) is 17.6 Å². The summed E-state index contributed by atoms with van der Waals surface area (Å²) in [5.41, 5.74) is 2.93. The van der Waals surface area contributed by atoms with Gasteiger partial charge in [0.05, 0.1) is 16.6 Å². The third-order valence-corrected chi connectivity index (χ3v) is 6.79. The SMILES string of the molecule is Cc1ccc(C(CNC(=O)c2cc(S(=O)(=O)Nc3ccccc3F)ccc2C)N(C)C)cc1. The fourth-order valence-corrected chi connectivity index (χ4v) is 4.53. The van der Waals surface area contributed by atoms with Crippen LogP contribution in [0, 0.1) is 19.7 Å². The second-order valence-electron chi connectivity index (χ2n) is 8.16. The summed E-state index contributed by atoms with van der Waals surface area (Å²) in [4.78, 5) is 14.9. The number of rotatable bonds is 8. The van der Waals surface area contributed by atoms with E-state index in [2.05, 4.69) is 10.0 Å². The van der Waals surface area contributed by atoms with E-state index in [1.807, 2.05) is 50.2 Å². The molecule has 0 aromatic heterocycles. The van der Waals surface area contributed by atoms with Gasteiger partial charge in [-0.2, -0.15) is 0 Å². The molecule has 0 saturated carbocycles. The maximum Gasteiger partial charge on any atom is 0.262 e. The number of carbonyl (C=O) groups excluding carboxylic acids is 1. The summed E-state index contributed by atoms with van der Waals surface area (Å²) >= 11 is 0. The summed E-state index contributed by atoms with van der Waals surface area (Å²) < 4.78 is 41.7. The first kappa shape index (κ1) is 24.4. The predicted molar refractivity (Wildman–Crippen MR) is 128 cm³/mol. The van der Waals surface area contributed by atoms with Crippen molar-refractivity contribution >= 4 is 21.6 Å². The summed E-state index contributed by atoms with van der Waals surface area (Å²) in [6.07, 6.45) is 0. The number of anilines is 1. The number of carbonyl (C=O) groups is 1. The topological polar surface area (TPSA) is 78.5 Å². The third-order valence-electron chi connectivity index (χ3n) is 5.42. The maximum absolute atomic E-state index is 13.9. The van der Waals surface area contributed by atoms with Crippen molar-refractivity contribution in [1.82, 2.24) is 10.2 Å². The lowest BCUT2D eigenvalue weighted by atomic mass is 10.0. The number of amides is 1. The third kappa shape index (κ3) is 5.97. The molecule has 0 radical (unpaired) electrons. The fourth-order valence-electron chi connectivity index (χ4n) is 3.43. The molecule has 2 N–H and O–H groups in total. The Balaban J connectivity index is 1.80. The Morgan fingerprint density at radius 3 is 2.30 bits per heavy atom. The highest BCUT2D eigenvalue weighted by atomic mass is 32.2. The van der Waals surface area contributed by atoms with Crippen LogP contribution in [0.4, 0.5) is 10.1 Å². The van der Waals surface area contributed by atoms with Gasteiger partial charge < -0.3 is 10.2 Å². The molecule has 6 nitrogen and oxygen atoms in total. The Morgan fingerprint density at radius 1 is 1.00 bits per heavy atom. The number of sulfonamides is 1. The standard InChI is InChI=1S/C25H28FN3O3S/c1-17-9-12-19(13-10-17)24(29(3)4)16-27-25(30)21-15-20(14-11-18(21)2)33(31,32)28-23-8-6-5-7-22(23)26/h5-15,24,28H,16H2,1-4H3,(H,27,30). The zero-order valence-corrected chi connectivity index (χ0v) is 19.9. The molecule has 1 atom stereocenters. The summed E-state index contributed by atoms with van der Waals surface area (Å²) in [6, 6.07) is 17.8. The van der Waals surface area contributed by atoms with Crippen LogP contribution >= 0.6 is 0 Å². The minimum atomic E-state index is -4.08. The van der Waals surface area contributed by atoms with Gasteiger partial charge in [-0.25, -0.2) is 12.8 Å². The lowest BCUT2D eigenvalue weighted by Gasteiger charge is -2.25. The van der Waals surface area contributed by atoms with E-state index in [-0.39, 0.29) is 28.1 Å². The summed E-state index contributed by atoms with van der Waals surface area (Å²) in [5.74, 6) is -1.06. The minimum Gasteiger partial charge on any atom is -0.350 e. The molecular formula is C25H28FN3O3S. The number of halogens is 1. The number of hydrogen-bond acceptors (Lipinski definition) is 4. The second kappa shape index (κ2) is 10.1. The molecule has 8 heteroatoms. The van der Waals surface area contributed by atoms with Gasteiger partial charge in [0.1, 0.15) is 5.82 Å². The van der Waals surface area contributed by atoms with E-state index in [1.54, 1.807) is 13.0 Å². The molecule has 33 heavy (non-hydrogen) atoms. The molecule has 1 unspecified atom stereocenters. The van der Waals surface area contributed by atoms with Crippen molar-refractivity contribution in [2.24, 2.45) is 0 Å². The molecule has 174 valence electrons. The normalized spacial score (nSPS) is 12.4. The molecule has 0 fully saturated rings. The van der Waals surface area contributed by atoms with Crippen LogP contribution in [0.5, 0.6) is 0 Å². The van der Waals surface area contributed by atoms with Crippen LogP contribution in [-0.4, -0.2) is 39.9 Å². The molecule has 0 aliphatic heterocycles. The van der Waals surface area contributed by atoms with E-state index in [1.165, 1.54) is 36.4 Å². The van der Waals surface area contributed by atoms with E-state index in [0.717, 1.165) is 11.1 Å². The Bertz CT molecular complexity index is 1240. The van der Waals surface area contributed by atoms with E-state index in [0.29, 0.717) is 12.1 Å². The largest absolute Gasteiger partial charge is 0.350 e. The maximum atomic E-state index is 13.9.